The van der Waals surface area contributed by atoms with Gasteiger partial charge in [-0.15, -0.1) is 0 Å². The molecule has 0 bridgehead atoms. The Morgan fingerprint density at radius 2 is 1.88 bits per heavy atom. The van der Waals surface area contributed by atoms with E-state index in [4.69, 9.17) is 0 Å². The van der Waals surface area contributed by atoms with Gasteiger partial charge < -0.3 is 4.74 Å². The van der Waals surface area contributed by atoms with Crippen LogP contribution in [0.2, 0.25) is 0 Å². The Bertz CT molecular complexity index is 369. The smallest absolute Gasteiger partial charge is 0.410 e. The number of carbonyl (C=O) groups excluding carboxylic acids is 1. The average molecular weight is 230 g/mol. The highest BCUT2D eigenvalue weighted by molar-refractivity contribution is 5.82. The number of hydrogen-bond donors (Lipinski definition) is 0. The quantitative estimate of drug-likeness (QED) is 0.589. The summed E-state index contributed by atoms with van der Waals surface area (Å²) < 4.78 is 39.7. The number of halogens is 3. The maximum Gasteiger partial charge on any atom is 0.410 e. The predicted molar refractivity (Wildman–Crippen MR) is 51.4 cm³/mol. The van der Waals surface area contributed by atoms with E-state index in [2.05, 4.69) is 4.74 Å². The number of allylic oxidation sites excluding steroid dienone is 1. The SMILES string of the molecule is O=C(/C=C/C(F)(F)F)OCc1ccccc1. The zero-order chi connectivity index (χ0) is 12.0. The molecule has 0 amide bonds. The molecule has 1 aromatic rings. The molecule has 0 radical (unpaired) electrons. The van der Waals surface area contributed by atoms with E-state index < -0.39 is 12.1 Å². The number of esters is 1. The molecule has 0 aliphatic carbocycles. The molecule has 0 saturated carbocycles. The molecule has 0 saturated heterocycles. The van der Waals surface area contributed by atoms with Crippen LogP contribution in [0, 0.1) is 0 Å². The number of ether oxygens (including phenoxy) is 1. The number of alkyl halides is 3. The molecule has 16 heavy (non-hydrogen) atoms. The largest absolute Gasteiger partial charge is 0.458 e. The Labute approximate surface area is 90.3 Å². The van der Waals surface area contributed by atoms with Gasteiger partial charge in [-0.2, -0.15) is 13.2 Å². The van der Waals surface area contributed by atoms with Gasteiger partial charge in [0.2, 0.25) is 0 Å². The highest BCUT2D eigenvalue weighted by Crippen LogP contribution is 2.15. The average Bonchev–Trinajstić information content (AvgIpc) is 2.24. The van der Waals surface area contributed by atoms with Crippen LogP contribution in [0.25, 0.3) is 0 Å². The summed E-state index contributed by atoms with van der Waals surface area (Å²) in [6.07, 6.45) is -4.28. The molecular formula is C11H9F3O2. The van der Waals surface area contributed by atoms with E-state index in [1.165, 1.54) is 0 Å². The summed E-state index contributed by atoms with van der Waals surface area (Å²) in [6, 6.07) is 8.69. The van der Waals surface area contributed by atoms with Crippen LogP contribution < -0.4 is 0 Å². The minimum Gasteiger partial charge on any atom is -0.458 e. The summed E-state index contributed by atoms with van der Waals surface area (Å²) in [5.74, 6) is -1.01. The van der Waals surface area contributed by atoms with Gasteiger partial charge in [-0.1, -0.05) is 30.3 Å². The van der Waals surface area contributed by atoms with E-state index in [1.54, 1.807) is 30.3 Å². The second kappa shape index (κ2) is 5.34. The van der Waals surface area contributed by atoms with Crippen molar-refractivity contribution < 1.29 is 22.7 Å². The molecule has 0 heterocycles. The van der Waals surface area contributed by atoms with Crippen LogP contribution in [-0.2, 0) is 16.1 Å². The molecule has 2 nitrogen and oxygen atoms in total. The predicted octanol–water partition coefficient (Wildman–Crippen LogP) is 2.85. The zero-order valence-corrected chi connectivity index (χ0v) is 8.20. The van der Waals surface area contributed by atoms with Crippen molar-refractivity contribution >= 4 is 5.97 Å². The van der Waals surface area contributed by atoms with E-state index in [1.807, 2.05) is 0 Å². The summed E-state index contributed by atoms with van der Waals surface area (Å²) >= 11 is 0. The Morgan fingerprint density at radius 3 is 2.44 bits per heavy atom. The van der Waals surface area contributed by atoms with Crippen molar-refractivity contribution in [2.75, 3.05) is 0 Å². The Balaban J connectivity index is 2.40. The van der Waals surface area contributed by atoms with Crippen molar-refractivity contribution in [2.24, 2.45) is 0 Å². The minimum absolute atomic E-state index is 0.0398. The van der Waals surface area contributed by atoms with E-state index in [0.29, 0.717) is 6.08 Å². The van der Waals surface area contributed by atoms with Crippen molar-refractivity contribution in [3.05, 3.63) is 48.0 Å². The van der Waals surface area contributed by atoms with Crippen molar-refractivity contribution in [1.29, 1.82) is 0 Å². The summed E-state index contributed by atoms with van der Waals surface area (Å²) in [7, 11) is 0. The fourth-order valence-electron chi connectivity index (χ4n) is 0.939. The molecule has 0 N–H and O–H groups in total. The summed E-state index contributed by atoms with van der Waals surface area (Å²) in [5.41, 5.74) is 0.719. The fraction of sp³-hybridized carbons (Fsp3) is 0.182. The van der Waals surface area contributed by atoms with Gasteiger partial charge in [-0.3, -0.25) is 0 Å². The minimum atomic E-state index is -4.49. The van der Waals surface area contributed by atoms with E-state index >= 15 is 0 Å². The van der Waals surface area contributed by atoms with Crippen molar-refractivity contribution in [3.63, 3.8) is 0 Å². The lowest BCUT2D eigenvalue weighted by Crippen LogP contribution is -2.05. The summed E-state index contributed by atoms with van der Waals surface area (Å²) in [5, 5.41) is 0. The molecule has 5 heteroatoms. The van der Waals surface area contributed by atoms with Crippen LogP contribution in [0.3, 0.4) is 0 Å². The molecule has 0 aliphatic heterocycles. The molecule has 0 fully saturated rings. The third kappa shape index (κ3) is 5.19. The lowest BCUT2D eigenvalue weighted by Gasteiger charge is -2.02. The lowest BCUT2D eigenvalue weighted by molar-refractivity contribution is -0.139. The van der Waals surface area contributed by atoms with Crippen LogP contribution >= 0.6 is 0 Å². The standard InChI is InChI=1S/C11H9F3O2/c12-11(13,14)7-6-10(15)16-8-9-4-2-1-3-5-9/h1-7H,8H2/b7-6+. The van der Waals surface area contributed by atoms with Gasteiger partial charge in [-0.05, 0) is 5.56 Å². The lowest BCUT2D eigenvalue weighted by atomic mass is 10.2. The maximum absolute atomic E-state index is 11.7. The van der Waals surface area contributed by atoms with E-state index in [9.17, 15) is 18.0 Å². The molecule has 0 spiro atoms. The monoisotopic (exact) mass is 230 g/mol. The number of hydrogen-bond acceptors (Lipinski definition) is 2. The molecule has 0 aromatic heterocycles. The highest BCUT2D eigenvalue weighted by Gasteiger charge is 2.22. The van der Waals surface area contributed by atoms with Crippen molar-refractivity contribution in [1.82, 2.24) is 0 Å². The van der Waals surface area contributed by atoms with Gasteiger partial charge in [0.25, 0.3) is 0 Å². The summed E-state index contributed by atoms with van der Waals surface area (Å²) in [6.45, 7) is -0.0398. The molecule has 0 aliphatic rings. The summed E-state index contributed by atoms with van der Waals surface area (Å²) in [4.78, 5) is 10.9. The molecule has 86 valence electrons. The van der Waals surface area contributed by atoms with Gasteiger partial charge >= 0.3 is 12.1 Å². The fourth-order valence-corrected chi connectivity index (χ4v) is 0.939. The van der Waals surface area contributed by atoms with Gasteiger partial charge in [0.05, 0.1) is 0 Å². The van der Waals surface area contributed by atoms with Crippen LogP contribution in [-0.4, -0.2) is 12.1 Å². The molecule has 0 unspecified atom stereocenters. The molecular weight excluding hydrogens is 221 g/mol. The second-order valence-corrected chi connectivity index (χ2v) is 2.97. The van der Waals surface area contributed by atoms with Gasteiger partial charge in [0.15, 0.2) is 0 Å². The second-order valence-electron chi connectivity index (χ2n) is 2.97. The Hall–Kier alpha value is -1.78. The Kier molecular flexibility index (Phi) is 4.10. The van der Waals surface area contributed by atoms with Crippen LogP contribution in [0.4, 0.5) is 13.2 Å². The normalized spacial score (nSPS) is 11.7. The third-order valence-corrected chi connectivity index (χ3v) is 1.63. The highest BCUT2D eigenvalue weighted by atomic mass is 19.4. The van der Waals surface area contributed by atoms with Gasteiger partial charge in [0, 0.05) is 12.2 Å². The molecule has 1 rings (SSSR count). The molecule has 1 aromatic carbocycles. The maximum atomic E-state index is 11.7. The van der Waals surface area contributed by atoms with Gasteiger partial charge in [-0.25, -0.2) is 4.79 Å². The van der Waals surface area contributed by atoms with E-state index in [-0.39, 0.29) is 12.7 Å². The first-order chi connectivity index (χ1) is 7.47. The van der Waals surface area contributed by atoms with Gasteiger partial charge in [0.1, 0.15) is 6.61 Å². The Morgan fingerprint density at radius 1 is 1.25 bits per heavy atom. The first-order valence-electron chi connectivity index (χ1n) is 4.44. The third-order valence-electron chi connectivity index (χ3n) is 1.63. The van der Waals surface area contributed by atoms with Crippen LogP contribution in [0.5, 0.6) is 0 Å². The number of rotatable bonds is 3. The van der Waals surface area contributed by atoms with Crippen LogP contribution in [0.1, 0.15) is 5.56 Å². The topological polar surface area (TPSA) is 26.3 Å². The molecule has 0 atom stereocenters. The van der Waals surface area contributed by atoms with E-state index in [0.717, 1.165) is 5.56 Å². The van der Waals surface area contributed by atoms with Crippen LogP contribution in [0.15, 0.2) is 42.5 Å². The number of benzene rings is 1. The van der Waals surface area contributed by atoms with Crippen molar-refractivity contribution in [2.45, 2.75) is 12.8 Å². The first kappa shape index (κ1) is 12.3. The number of carbonyl (C=O) groups is 1. The zero-order valence-electron chi connectivity index (χ0n) is 8.20. The first-order valence-corrected chi connectivity index (χ1v) is 4.44. The van der Waals surface area contributed by atoms with Crippen molar-refractivity contribution in [3.8, 4) is 0 Å².